The van der Waals surface area contributed by atoms with Crippen LogP contribution in [0, 0.1) is 10.8 Å². The van der Waals surface area contributed by atoms with E-state index < -0.39 is 11.4 Å². The zero-order valence-electron chi connectivity index (χ0n) is 32.5. The lowest BCUT2D eigenvalue weighted by atomic mass is 9.80. The summed E-state index contributed by atoms with van der Waals surface area (Å²) in [4.78, 5) is 54.2. The van der Waals surface area contributed by atoms with Crippen molar-refractivity contribution in [3.63, 3.8) is 0 Å². The summed E-state index contributed by atoms with van der Waals surface area (Å²) in [5.41, 5.74) is 6.15. The van der Waals surface area contributed by atoms with E-state index in [0.717, 1.165) is 100 Å². The predicted octanol–water partition coefficient (Wildman–Crippen LogP) is 7.99. The Morgan fingerprint density at radius 1 is 0.964 bits per heavy atom. The monoisotopic (exact) mass is 799 g/mol. The van der Waals surface area contributed by atoms with Gasteiger partial charge in [0, 0.05) is 68.7 Å². The van der Waals surface area contributed by atoms with Crippen molar-refractivity contribution < 1.29 is 19.5 Å². The zero-order valence-corrected chi connectivity index (χ0v) is 34.0. The molecule has 2 aliphatic carbocycles. The van der Waals surface area contributed by atoms with Crippen molar-refractivity contribution in [1.82, 2.24) is 19.7 Å². The second-order valence-electron chi connectivity index (χ2n) is 16.4. The number of carbonyl (C=O) groups excluding carboxylic acids is 2. The van der Waals surface area contributed by atoms with Crippen LogP contribution in [0.2, 0.25) is 10.0 Å². The molecule has 1 aromatic heterocycles. The van der Waals surface area contributed by atoms with Crippen LogP contribution in [0.5, 0.6) is 0 Å². The minimum atomic E-state index is -0.627. The summed E-state index contributed by atoms with van der Waals surface area (Å²) >= 11 is 13.8. The molecular formula is C43H51Cl2N7O4. The molecule has 0 spiro atoms. The smallest absolute Gasteiger partial charge is 0.309 e. The maximum Gasteiger partial charge on any atom is 0.309 e. The third-order valence-electron chi connectivity index (χ3n) is 12.7. The van der Waals surface area contributed by atoms with Crippen molar-refractivity contribution in [2.45, 2.75) is 77.8 Å². The maximum atomic E-state index is 13.4. The summed E-state index contributed by atoms with van der Waals surface area (Å²) in [6.45, 7) is 12.4. The number of halogens is 2. The number of nitrogens with zero attached hydrogens (tertiary/aromatic N) is 5. The molecule has 2 aliphatic heterocycles. The van der Waals surface area contributed by atoms with Gasteiger partial charge in [-0.25, -0.2) is 0 Å². The van der Waals surface area contributed by atoms with Crippen LogP contribution in [-0.2, 0) is 22.6 Å². The highest BCUT2D eigenvalue weighted by Crippen LogP contribution is 2.63. The summed E-state index contributed by atoms with van der Waals surface area (Å²) < 4.78 is 0. The SMILES string of the molecule is C=NC1=C(N(C)CC(=O)Nc2cccc(-c3cccc(NC(=O)c4cc5c(cn4)CN(C(C)C)CC5)c3Cl)c2Cl)CCN(CCC23CCC(C(=O)O)(CC2)C3)C1. The fraction of sp³-hybridized carbons (Fsp3) is 0.465. The molecule has 2 saturated carbocycles. The van der Waals surface area contributed by atoms with Crippen LogP contribution >= 0.6 is 23.2 Å². The van der Waals surface area contributed by atoms with Gasteiger partial charge < -0.3 is 20.6 Å². The second kappa shape index (κ2) is 16.3. The average Bonchev–Trinajstić information content (AvgIpc) is 3.77. The lowest BCUT2D eigenvalue weighted by molar-refractivity contribution is -0.148. The third-order valence-corrected chi connectivity index (χ3v) is 13.5. The Balaban J connectivity index is 0.969. The number of fused-ring (bicyclic) bond motifs is 3. The zero-order chi connectivity index (χ0) is 39.8. The maximum absolute atomic E-state index is 13.4. The standard InChI is InChI=1S/C43H51Cl2N7O4/c1-27(2)52-19-11-28-21-34(47-22-29(28)23-52)40(54)49-33-10-6-8-31(39(33)45)30-7-5-9-32(38(30)44)48-37(53)25-50(4)36-12-18-51(24-35(36)46-3)20-17-42-13-15-43(26-42,16-14-42)41(55)56/h5-10,21-22,27H,3,11-20,23-26H2,1-2,4H3,(H,48,53)(H,49,54)(H,55,56). The Hall–Kier alpha value is -4.29. The number of carboxylic acid groups (broad SMARTS) is 1. The van der Waals surface area contributed by atoms with Gasteiger partial charge in [-0.15, -0.1) is 0 Å². The molecule has 13 heteroatoms. The number of pyridine rings is 1. The molecule has 2 aromatic carbocycles. The first-order chi connectivity index (χ1) is 26.8. The van der Waals surface area contributed by atoms with Gasteiger partial charge in [-0.2, -0.15) is 0 Å². The van der Waals surface area contributed by atoms with Gasteiger partial charge in [0.15, 0.2) is 0 Å². The fourth-order valence-electron chi connectivity index (χ4n) is 9.27. The first kappa shape index (κ1) is 39.9. The number of benzene rings is 2. The van der Waals surface area contributed by atoms with Crippen LogP contribution < -0.4 is 10.6 Å². The number of rotatable bonds is 13. The van der Waals surface area contributed by atoms with Gasteiger partial charge >= 0.3 is 5.97 Å². The predicted molar refractivity (Wildman–Crippen MR) is 222 cm³/mol. The Morgan fingerprint density at radius 3 is 2.27 bits per heavy atom. The fourth-order valence-corrected chi connectivity index (χ4v) is 9.82. The summed E-state index contributed by atoms with van der Waals surface area (Å²) in [7, 11) is 1.88. The van der Waals surface area contributed by atoms with Crippen molar-refractivity contribution in [3.8, 4) is 11.1 Å². The van der Waals surface area contributed by atoms with E-state index >= 15 is 0 Å². The van der Waals surface area contributed by atoms with Crippen LogP contribution in [0.15, 0.2) is 65.0 Å². The third kappa shape index (κ3) is 8.09. The molecule has 3 N–H and O–H groups in total. The van der Waals surface area contributed by atoms with Crippen LogP contribution in [0.3, 0.4) is 0 Å². The highest BCUT2D eigenvalue weighted by Gasteiger charge is 2.57. The molecule has 2 fully saturated rings. The molecule has 7 rings (SSSR count). The molecule has 11 nitrogen and oxygen atoms in total. The van der Waals surface area contributed by atoms with Crippen LogP contribution in [-0.4, -0.2) is 95.1 Å². The number of anilines is 2. The highest BCUT2D eigenvalue weighted by atomic mass is 35.5. The van der Waals surface area contributed by atoms with Crippen molar-refractivity contribution in [2.75, 3.05) is 50.4 Å². The number of nitrogens with one attached hydrogen (secondary N) is 2. The van der Waals surface area contributed by atoms with Crippen molar-refractivity contribution >= 4 is 59.1 Å². The largest absolute Gasteiger partial charge is 0.481 e. The lowest BCUT2D eigenvalue weighted by Crippen LogP contribution is -2.39. The van der Waals surface area contributed by atoms with Gasteiger partial charge in [-0.05, 0) is 107 Å². The summed E-state index contributed by atoms with van der Waals surface area (Å²) in [6.07, 6.45) is 8.75. The topological polar surface area (TPSA) is 130 Å². The van der Waals surface area contributed by atoms with Crippen molar-refractivity contribution in [3.05, 3.63) is 86.9 Å². The molecule has 3 heterocycles. The normalized spacial score (nSPS) is 22.2. The number of likely N-dealkylation sites (N-methyl/N-ethyl adjacent to an activating group) is 1. The number of hydrogen-bond donors (Lipinski definition) is 3. The van der Waals surface area contributed by atoms with E-state index in [9.17, 15) is 19.5 Å². The molecule has 56 heavy (non-hydrogen) atoms. The molecule has 0 radical (unpaired) electrons. The minimum absolute atomic E-state index is 0.0876. The first-order valence-corrected chi connectivity index (χ1v) is 20.3. The molecule has 4 aliphatic rings. The van der Waals surface area contributed by atoms with E-state index in [1.54, 1.807) is 30.5 Å². The number of carbonyl (C=O) groups is 3. The molecule has 2 bridgehead atoms. The van der Waals surface area contributed by atoms with E-state index in [0.29, 0.717) is 50.8 Å². The molecular weight excluding hydrogens is 749 g/mol. The Bertz CT molecular complexity index is 2080. The molecule has 0 atom stereocenters. The number of aromatic nitrogens is 1. The second-order valence-corrected chi connectivity index (χ2v) is 17.2. The van der Waals surface area contributed by atoms with E-state index in [2.05, 4.69) is 51.0 Å². The summed E-state index contributed by atoms with van der Waals surface area (Å²) in [5.74, 6) is -1.22. The lowest BCUT2D eigenvalue weighted by Gasteiger charge is -2.35. The number of carboxylic acids is 1. The van der Waals surface area contributed by atoms with Crippen molar-refractivity contribution in [2.24, 2.45) is 15.8 Å². The van der Waals surface area contributed by atoms with E-state index in [-0.39, 0.29) is 23.8 Å². The molecule has 2 amide bonds. The molecule has 0 saturated heterocycles. The molecule has 3 aromatic rings. The van der Waals surface area contributed by atoms with Gasteiger partial charge in [-0.3, -0.25) is 34.2 Å². The highest BCUT2D eigenvalue weighted by molar-refractivity contribution is 6.39. The first-order valence-electron chi connectivity index (χ1n) is 19.6. The molecule has 296 valence electrons. The number of aliphatic carboxylic acids is 1. The Morgan fingerprint density at radius 2 is 1.64 bits per heavy atom. The van der Waals surface area contributed by atoms with E-state index in [4.69, 9.17) is 23.2 Å². The van der Waals surface area contributed by atoms with Crippen LogP contribution in [0.1, 0.15) is 80.4 Å². The minimum Gasteiger partial charge on any atom is -0.481 e. The summed E-state index contributed by atoms with van der Waals surface area (Å²) in [5, 5.41) is 16.4. The van der Waals surface area contributed by atoms with Crippen LogP contribution in [0.4, 0.5) is 11.4 Å². The van der Waals surface area contributed by atoms with Gasteiger partial charge in [-0.1, -0.05) is 47.5 Å². The molecule has 0 unspecified atom stereocenters. The van der Waals surface area contributed by atoms with E-state index in [1.807, 2.05) is 30.1 Å². The number of hydrogen-bond acceptors (Lipinski definition) is 8. The average molecular weight is 801 g/mol. The van der Waals surface area contributed by atoms with Gasteiger partial charge in [0.05, 0.1) is 39.1 Å². The Labute approximate surface area is 339 Å². The Kier molecular flexibility index (Phi) is 11.6. The van der Waals surface area contributed by atoms with E-state index in [1.165, 1.54) is 0 Å². The van der Waals surface area contributed by atoms with Gasteiger partial charge in [0.2, 0.25) is 5.91 Å². The summed E-state index contributed by atoms with van der Waals surface area (Å²) in [6, 6.07) is 13.0. The quantitative estimate of drug-likeness (QED) is 0.149. The van der Waals surface area contributed by atoms with Gasteiger partial charge in [0.1, 0.15) is 5.69 Å². The van der Waals surface area contributed by atoms with Crippen LogP contribution in [0.25, 0.3) is 11.1 Å². The number of aliphatic imine (C=N–C) groups is 1. The van der Waals surface area contributed by atoms with Gasteiger partial charge in [0.25, 0.3) is 5.91 Å². The van der Waals surface area contributed by atoms with Crippen molar-refractivity contribution in [1.29, 1.82) is 0 Å². The number of amides is 2.